The topological polar surface area (TPSA) is 95.5 Å². The van der Waals surface area contributed by atoms with Crippen LogP contribution in [-0.4, -0.2) is 46.0 Å². The number of oxime groups is 1. The summed E-state index contributed by atoms with van der Waals surface area (Å²) in [5, 5.41) is 6.72. The molecule has 8 nitrogen and oxygen atoms in total. The predicted molar refractivity (Wildman–Crippen MR) is 105 cm³/mol. The zero-order valence-corrected chi connectivity index (χ0v) is 16.3. The Balaban J connectivity index is 1.88. The summed E-state index contributed by atoms with van der Waals surface area (Å²) in [7, 11) is 4.28. The van der Waals surface area contributed by atoms with Crippen LogP contribution in [0.1, 0.15) is 15.9 Å². The van der Waals surface area contributed by atoms with Gasteiger partial charge in [-0.15, -0.1) is 0 Å². The summed E-state index contributed by atoms with van der Waals surface area (Å²) in [6.07, 6.45) is 1.40. The van der Waals surface area contributed by atoms with Gasteiger partial charge in [0.05, 0.1) is 38.1 Å². The third kappa shape index (κ3) is 5.62. The molecule has 0 fully saturated rings. The first-order chi connectivity index (χ1) is 13.5. The molecule has 0 unspecified atom stereocenters. The lowest BCUT2D eigenvalue weighted by atomic mass is 10.2. The first kappa shape index (κ1) is 21.0. The third-order valence-corrected chi connectivity index (χ3v) is 3.80. The standard InChI is InChI=1S/C19H19ClN2O6/c1-25-16-9-12(8-15(20)18(16)26-2)10-21-28-11-17(23)22-14-6-4-13(5-7-14)19(24)27-3/h4-10H,11H2,1-3H3,(H,22,23)/b21-10-. The second-order valence-corrected chi connectivity index (χ2v) is 5.77. The molecular weight excluding hydrogens is 388 g/mol. The van der Waals surface area contributed by atoms with E-state index in [1.165, 1.54) is 27.5 Å². The summed E-state index contributed by atoms with van der Waals surface area (Å²) in [5.74, 6) is 0.00329. The van der Waals surface area contributed by atoms with Gasteiger partial charge in [-0.05, 0) is 36.4 Å². The number of ether oxygens (including phenoxy) is 3. The number of amides is 1. The van der Waals surface area contributed by atoms with Gasteiger partial charge in [0.25, 0.3) is 5.91 Å². The van der Waals surface area contributed by atoms with E-state index < -0.39 is 11.9 Å². The molecule has 0 aliphatic rings. The molecule has 2 rings (SSSR count). The Labute approximate surface area is 167 Å². The Morgan fingerprint density at radius 2 is 1.82 bits per heavy atom. The van der Waals surface area contributed by atoms with Crippen molar-refractivity contribution in [3.8, 4) is 11.5 Å². The number of rotatable bonds is 8. The normalized spacial score (nSPS) is 10.4. The van der Waals surface area contributed by atoms with Gasteiger partial charge in [0.15, 0.2) is 18.1 Å². The second kappa shape index (κ2) is 10.2. The van der Waals surface area contributed by atoms with E-state index in [1.807, 2.05) is 0 Å². The fourth-order valence-electron chi connectivity index (χ4n) is 2.21. The summed E-state index contributed by atoms with van der Waals surface area (Å²) in [6.45, 7) is -0.295. The average molecular weight is 407 g/mol. The number of nitrogens with zero attached hydrogens (tertiary/aromatic N) is 1. The van der Waals surface area contributed by atoms with Gasteiger partial charge in [-0.25, -0.2) is 4.79 Å². The van der Waals surface area contributed by atoms with Crippen LogP contribution in [0.15, 0.2) is 41.6 Å². The molecule has 148 valence electrons. The summed E-state index contributed by atoms with van der Waals surface area (Å²) in [5.41, 5.74) is 1.51. The minimum atomic E-state index is -0.453. The maximum absolute atomic E-state index is 11.9. The maximum atomic E-state index is 11.9. The number of methoxy groups -OCH3 is 3. The van der Waals surface area contributed by atoms with E-state index in [4.69, 9.17) is 25.9 Å². The molecule has 0 radical (unpaired) electrons. The highest BCUT2D eigenvalue weighted by molar-refractivity contribution is 6.32. The fraction of sp³-hybridized carbons (Fsp3) is 0.211. The number of hydrogen-bond acceptors (Lipinski definition) is 7. The summed E-state index contributed by atoms with van der Waals surface area (Å²) in [4.78, 5) is 28.2. The summed E-state index contributed by atoms with van der Waals surface area (Å²) >= 11 is 6.11. The molecule has 0 saturated heterocycles. The van der Waals surface area contributed by atoms with E-state index in [-0.39, 0.29) is 6.61 Å². The van der Waals surface area contributed by atoms with Gasteiger partial charge in [0.1, 0.15) is 0 Å². The molecule has 2 aromatic carbocycles. The van der Waals surface area contributed by atoms with Gasteiger partial charge < -0.3 is 24.4 Å². The van der Waals surface area contributed by atoms with E-state index >= 15 is 0 Å². The summed E-state index contributed by atoms with van der Waals surface area (Å²) in [6, 6.07) is 9.54. The first-order valence-electron chi connectivity index (χ1n) is 8.03. The number of carbonyl (C=O) groups is 2. The van der Waals surface area contributed by atoms with Crippen LogP contribution < -0.4 is 14.8 Å². The minimum Gasteiger partial charge on any atom is -0.493 e. The molecule has 0 aliphatic heterocycles. The molecule has 0 heterocycles. The first-order valence-corrected chi connectivity index (χ1v) is 8.41. The zero-order valence-electron chi connectivity index (χ0n) is 15.5. The van der Waals surface area contributed by atoms with Crippen LogP contribution in [0.3, 0.4) is 0 Å². The Kier molecular flexibility index (Phi) is 7.65. The second-order valence-electron chi connectivity index (χ2n) is 5.36. The maximum Gasteiger partial charge on any atom is 0.337 e. The number of carbonyl (C=O) groups excluding carboxylic acids is 2. The molecule has 0 spiro atoms. The molecule has 0 aromatic heterocycles. The van der Waals surface area contributed by atoms with E-state index in [0.29, 0.717) is 33.3 Å². The number of esters is 1. The quantitative estimate of drug-likeness (QED) is 0.411. The van der Waals surface area contributed by atoms with Crippen LogP contribution >= 0.6 is 11.6 Å². The molecule has 0 aliphatic carbocycles. The van der Waals surface area contributed by atoms with Crippen molar-refractivity contribution in [3.05, 3.63) is 52.5 Å². The van der Waals surface area contributed by atoms with Gasteiger partial charge in [0.2, 0.25) is 0 Å². The Morgan fingerprint density at radius 1 is 1.11 bits per heavy atom. The number of benzene rings is 2. The van der Waals surface area contributed by atoms with Crippen LogP contribution in [0.5, 0.6) is 11.5 Å². The van der Waals surface area contributed by atoms with Crippen LogP contribution in [0.4, 0.5) is 5.69 Å². The Bertz CT molecular complexity index is 867. The van der Waals surface area contributed by atoms with Crippen molar-refractivity contribution in [2.75, 3.05) is 33.3 Å². The van der Waals surface area contributed by atoms with Crippen LogP contribution in [-0.2, 0) is 14.4 Å². The largest absolute Gasteiger partial charge is 0.493 e. The fourth-order valence-corrected chi connectivity index (χ4v) is 2.51. The molecule has 0 saturated carbocycles. The molecule has 1 N–H and O–H groups in total. The molecule has 0 atom stereocenters. The van der Waals surface area contributed by atoms with Gasteiger partial charge in [0, 0.05) is 11.3 Å². The van der Waals surface area contributed by atoms with E-state index in [2.05, 4.69) is 15.2 Å². The molecule has 1 amide bonds. The molecule has 0 bridgehead atoms. The van der Waals surface area contributed by atoms with Gasteiger partial charge in [-0.3, -0.25) is 4.79 Å². The monoisotopic (exact) mass is 406 g/mol. The minimum absolute atomic E-state index is 0.295. The van der Waals surface area contributed by atoms with Crippen LogP contribution in [0, 0.1) is 0 Å². The number of anilines is 1. The van der Waals surface area contributed by atoms with Crippen molar-refractivity contribution in [1.82, 2.24) is 0 Å². The smallest absolute Gasteiger partial charge is 0.337 e. The van der Waals surface area contributed by atoms with Crippen molar-refractivity contribution in [2.45, 2.75) is 0 Å². The lowest BCUT2D eigenvalue weighted by molar-refractivity contribution is -0.120. The van der Waals surface area contributed by atoms with Crippen molar-refractivity contribution < 1.29 is 28.6 Å². The van der Waals surface area contributed by atoms with Crippen LogP contribution in [0.2, 0.25) is 5.02 Å². The molecular formula is C19H19ClN2O6. The summed E-state index contributed by atoms with van der Waals surface area (Å²) < 4.78 is 15.0. The molecule has 2 aromatic rings. The van der Waals surface area contributed by atoms with E-state index in [1.54, 1.807) is 36.4 Å². The number of nitrogens with one attached hydrogen (secondary N) is 1. The van der Waals surface area contributed by atoms with Crippen molar-refractivity contribution >= 4 is 35.4 Å². The van der Waals surface area contributed by atoms with Gasteiger partial charge >= 0.3 is 5.97 Å². The zero-order chi connectivity index (χ0) is 20.5. The lowest BCUT2D eigenvalue weighted by Gasteiger charge is -2.09. The Morgan fingerprint density at radius 3 is 2.43 bits per heavy atom. The predicted octanol–water partition coefficient (Wildman–Crippen LogP) is 3.13. The van der Waals surface area contributed by atoms with E-state index in [0.717, 1.165) is 0 Å². The Hall–Kier alpha value is -3.26. The molecule has 9 heteroatoms. The van der Waals surface area contributed by atoms with E-state index in [9.17, 15) is 9.59 Å². The highest BCUT2D eigenvalue weighted by Gasteiger charge is 2.10. The van der Waals surface area contributed by atoms with Crippen molar-refractivity contribution in [2.24, 2.45) is 5.16 Å². The van der Waals surface area contributed by atoms with Gasteiger partial charge in [-0.2, -0.15) is 0 Å². The van der Waals surface area contributed by atoms with Crippen molar-refractivity contribution in [1.29, 1.82) is 0 Å². The average Bonchev–Trinajstić information content (AvgIpc) is 2.70. The highest BCUT2D eigenvalue weighted by Crippen LogP contribution is 2.35. The van der Waals surface area contributed by atoms with Gasteiger partial charge in [-0.1, -0.05) is 16.8 Å². The number of hydrogen-bond donors (Lipinski definition) is 1. The molecule has 28 heavy (non-hydrogen) atoms. The lowest BCUT2D eigenvalue weighted by Crippen LogP contribution is -2.17. The van der Waals surface area contributed by atoms with Crippen LogP contribution in [0.25, 0.3) is 0 Å². The van der Waals surface area contributed by atoms with Crippen molar-refractivity contribution in [3.63, 3.8) is 0 Å². The highest BCUT2D eigenvalue weighted by atomic mass is 35.5. The number of halogens is 1. The third-order valence-electron chi connectivity index (χ3n) is 3.52. The SMILES string of the molecule is COC(=O)c1ccc(NC(=O)CO/N=C\c2cc(Cl)c(OC)c(OC)c2)cc1.